The third-order valence-electron chi connectivity index (χ3n) is 4.27. The van der Waals surface area contributed by atoms with Crippen LogP contribution in [0.25, 0.3) is 0 Å². The Morgan fingerprint density at radius 2 is 2.00 bits per heavy atom. The van der Waals surface area contributed by atoms with Crippen LogP contribution in [0.2, 0.25) is 0 Å². The molecule has 5 nitrogen and oxygen atoms in total. The quantitative estimate of drug-likeness (QED) is 0.858. The lowest BCUT2D eigenvalue weighted by molar-refractivity contribution is 0.185. The van der Waals surface area contributed by atoms with E-state index in [-0.39, 0.29) is 12.1 Å². The van der Waals surface area contributed by atoms with Crippen molar-refractivity contribution in [3.05, 3.63) is 59.7 Å². The van der Waals surface area contributed by atoms with Crippen LogP contribution in [0.15, 0.2) is 42.7 Å². The van der Waals surface area contributed by atoms with Crippen molar-refractivity contribution in [3.8, 4) is 5.75 Å². The van der Waals surface area contributed by atoms with E-state index in [0.717, 1.165) is 12.0 Å². The molecule has 0 aliphatic rings. The van der Waals surface area contributed by atoms with Crippen LogP contribution in [0.4, 0.5) is 9.18 Å². The van der Waals surface area contributed by atoms with Crippen molar-refractivity contribution in [1.82, 2.24) is 15.2 Å². The van der Waals surface area contributed by atoms with Crippen LogP contribution in [-0.2, 0) is 0 Å². The summed E-state index contributed by atoms with van der Waals surface area (Å²) in [5.41, 5.74) is 1.34. The third-order valence-corrected chi connectivity index (χ3v) is 4.27. The molecule has 0 saturated heterocycles. The molecule has 0 saturated carbocycles. The Morgan fingerprint density at radius 3 is 2.60 bits per heavy atom. The molecule has 0 aliphatic carbocycles. The summed E-state index contributed by atoms with van der Waals surface area (Å²) in [6.07, 6.45) is 4.17. The van der Waals surface area contributed by atoms with Crippen LogP contribution in [0.3, 0.4) is 0 Å². The van der Waals surface area contributed by atoms with Crippen molar-refractivity contribution >= 4 is 6.03 Å². The van der Waals surface area contributed by atoms with E-state index in [1.54, 1.807) is 43.4 Å². The molecular weight excluding hydrogens is 321 g/mol. The summed E-state index contributed by atoms with van der Waals surface area (Å²) >= 11 is 0. The average molecular weight is 345 g/mol. The molecule has 2 rings (SSSR count). The molecule has 2 aromatic rings. The number of hydrogen-bond acceptors (Lipinski definition) is 3. The summed E-state index contributed by atoms with van der Waals surface area (Å²) in [7, 11) is 3.21. The summed E-state index contributed by atoms with van der Waals surface area (Å²) in [5.74, 6) is 0.00704. The molecule has 1 aromatic heterocycles. The highest BCUT2D eigenvalue weighted by molar-refractivity contribution is 5.75. The molecule has 0 spiro atoms. The molecule has 6 heteroatoms. The number of carbonyl (C=O) groups is 1. The van der Waals surface area contributed by atoms with E-state index in [4.69, 9.17) is 4.74 Å². The predicted molar refractivity (Wildman–Crippen MR) is 94.9 cm³/mol. The largest absolute Gasteiger partial charge is 0.496 e. The summed E-state index contributed by atoms with van der Waals surface area (Å²) < 4.78 is 19.4. The molecule has 134 valence electrons. The number of methoxy groups -OCH3 is 1. The highest BCUT2D eigenvalue weighted by Crippen LogP contribution is 2.28. The van der Waals surface area contributed by atoms with Crippen molar-refractivity contribution in [2.75, 3.05) is 14.2 Å². The van der Waals surface area contributed by atoms with Gasteiger partial charge in [0.15, 0.2) is 0 Å². The van der Waals surface area contributed by atoms with E-state index in [2.05, 4.69) is 10.3 Å². The molecule has 0 unspecified atom stereocenters. The molecular formula is C19H24FN3O2. The molecule has 0 fully saturated rings. The molecule has 1 aromatic carbocycles. The van der Waals surface area contributed by atoms with Gasteiger partial charge in [0.05, 0.1) is 24.8 Å². The zero-order valence-electron chi connectivity index (χ0n) is 15.0. The van der Waals surface area contributed by atoms with Gasteiger partial charge in [-0.1, -0.05) is 13.0 Å². The Balaban J connectivity index is 2.15. The van der Waals surface area contributed by atoms with Gasteiger partial charge in [-0.2, -0.15) is 0 Å². The Hall–Kier alpha value is -2.63. The van der Waals surface area contributed by atoms with E-state index in [9.17, 15) is 9.18 Å². The summed E-state index contributed by atoms with van der Waals surface area (Å²) in [6, 6.07) is 7.50. The average Bonchev–Trinajstić information content (AvgIpc) is 2.62. The lowest BCUT2D eigenvalue weighted by Gasteiger charge is -2.29. The number of aromatic nitrogens is 1. The number of nitrogens with zero attached hydrogens (tertiary/aromatic N) is 2. The summed E-state index contributed by atoms with van der Waals surface area (Å²) in [6.45, 7) is 3.75. The van der Waals surface area contributed by atoms with Gasteiger partial charge in [0, 0.05) is 19.4 Å². The lowest BCUT2D eigenvalue weighted by atomic mass is 10.0. The van der Waals surface area contributed by atoms with Crippen LogP contribution in [0, 0.1) is 5.82 Å². The molecule has 0 aliphatic heterocycles. The van der Waals surface area contributed by atoms with Crippen LogP contribution in [0.5, 0.6) is 5.75 Å². The van der Waals surface area contributed by atoms with E-state index in [1.807, 2.05) is 19.1 Å². The second-order valence-corrected chi connectivity index (χ2v) is 5.84. The molecule has 2 amide bonds. The summed E-state index contributed by atoms with van der Waals surface area (Å²) in [4.78, 5) is 18.3. The zero-order valence-corrected chi connectivity index (χ0v) is 15.0. The lowest BCUT2D eigenvalue weighted by Crippen LogP contribution is -2.40. The minimum atomic E-state index is -0.527. The maximum Gasteiger partial charge on any atom is 0.318 e. The predicted octanol–water partition coefficient (Wildman–Crippen LogP) is 4.08. The SMILES string of the molecule is CC[C@H](c1ccncc1)N(C)C(=O)N[C@@H](C)c1c(F)cccc1OC. The van der Waals surface area contributed by atoms with Gasteiger partial charge in [0.2, 0.25) is 0 Å². The van der Waals surface area contributed by atoms with Crippen molar-refractivity contribution < 1.29 is 13.9 Å². The second-order valence-electron chi connectivity index (χ2n) is 5.84. The monoisotopic (exact) mass is 345 g/mol. The van der Waals surface area contributed by atoms with Gasteiger partial charge in [-0.3, -0.25) is 4.98 Å². The molecule has 0 bridgehead atoms. The number of nitrogens with one attached hydrogen (secondary N) is 1. The minimum absolute atomic E-state index is 0.0854. The standard InChI is InChI=1S/C19H24FN3O2/c1-5-16(14-9-11-21-12-10-14)23(3)19(24)22-13(2)18-15(20)7-6-8-17(18)25-4/h6-13,16H,5H2,1-4H3,(H,22,24)/t13-,16+/m0/s1. The Kier molecular flexibility index (Phi) is 6.33. The number of amides is 2. The van der Waals surface area contributed by atoms with Gasteiger partial charge >= 0.3 is 6.03 Å². The molecule has 1 heterocycles. The van der Waals surface area contributed by atoms with Crippen LogP contribution in [0.1, 0.15) is 43.5 Å². The normalized spacial score (nSPS) is 13.0. The topological polar surface area (TPSA) is 54.5 Å². The number of benzene rings is 1. The highest BCUT2D eigenvalue weighted by atomic mass is 19.1. The molecule has 2 atom stereocenters. The fourth-order valence-corrected chi connectivity index (χ4v) is 2.93. The zero-order chi connectivity index (χ0) is 18.4. The fourth-order valence-electron chi connectivity index (χ4n) is 2.93. The number of carbonyl (C=O) groups excluding carboxylic acids is 1. The number of ether oxygens (including phenoxy) is 1. The first kappa shape index (κ1) is 18.7. The Bertz CT molecular complexity index is 709. The summed E-state index contributed by atoms with van der Waals surface area (Å²) in [5, 5.41) is 2.85. The van der Waals surface area contributed by atoms with Crippen LogP contribution < -0.4 is 10.1 Å². The maximum atomic E-state index is 14.2. The molecule has 0 radical (unpaired) electrons. The molecule has 25 heavy (non-hydrogen) atoms. The number of rotatable bonds is 6. The van der Waals surface area contributed by atoms with Gasteiger partial charge < -0.3 is 15.0 Å². The van der Waals surface area contributed by atoms with Crippen LogP contribution in [-0.4, -0.2) is 30.1 Å². The fraction of sp³-hybridized carbons (Fsp3) is 0.368. The van der Waals surface area contributed by atoms with E-state index in [0.29, 0.717) is 11.3 Å². The van der Waals surface area contributed by atoms with E-state index >= 15 is 0 Å². The van der Waals surface area contributed by atoms with Crippen molar-refractivity contribution in [1.29, 1.82) is 0 Å². The first-order chi connectivity index (χ1) is 12.0. The van der Waals surface area contributed by atoms with Crippen molar-refractivity contribution in [3.63, 3.8) is 0 Å². The number of pyridine rings is 1. The van der Waals surface area contributed by atoms with Gasteiger partial charge in [0.1, 0.15) is 11.6 Å². The first-order valence-electron chi connectivity index (χ1n) is 8.25. The van der Waals surface area contributed by atoms with Gasteiger partial charge in [0.25, 0.3) is 0 Å². The van der Waals surface area contributed by atoms with Crippen LogP contribution >= 0.6 is 0 Å². The number of hydrogen-bond donors (Lipinski definition) is 1. The maximum absolute atomic E-state index is 14.2. The van der Waals surface area contributed by atoms with E-state index in [1.165, 1.54) is 13.2 Å². The smallest absolute Gasteiger partial charge is 0.318 e. The molecule has 1 N–H and O–H groups in total. The number of halogens is 1. The van der Waals surface area contributed by atoms with Crippen molar-refractivity contribution in [2.24, 2.45) is 0 Å². The Morgan fingerprint density at radius 1 is 1.32 bits per heavy atom. The van der Waals surface area contributed by atoms with Crippen molar-refractivity contribution in [2.45, 2.75) is 32.4 Å². The minimum Gasteiger partial charge on any atom is -0.496 e. The van der Waals surface area contributed by atoms with Gasteiger partial charge in [-0.15, -0.1) is 0 Å². The third kappa shape index (κ3) is 4.26. The number of urea groups is 1. The van der Waals surface area contributed by atoms with E-state index < -0.39 is 11.9 Å². The second kappa shape index (κ2) is 8.46. The van der Waals surface area contributed by atoms with Gasteiger partial charge in [-0.25, -0.2) is 9.18 Å². The highest BCUT2D eigenvalue weighted by Gasteiger charge is 2.24. The first-order valence-corrected chi connectivity index (χ1v) is 8.25. The Labute approximate surface area is 147 Å². The van der Waals surface area contributed by atoms with Gasteiger partial charge in [-0.05, 0) is 43.2 Å².